The fourth-order valence-electron chi connectivity index (χ4n) is 2.30. The third-order valence-corrected chi connectivity index (χ3v) is 3.49. The van der Waals surface area contributed by atoms with E-state index in [1.807, 2.05) is 0 Å². The monoisotopic (exact) mass is 300 g/mol. The van der Waals surface area contributed by atoms with Crippen LogP contribution < -0.4 is 0 Å². The average Bonchev–Trinajstić information content (AvgIpc) is 3.07. The zero-order valence-corrected chi connectivity index (χ0v) is 11.1. The highest BCUT2D eigenvalue weighted by molar-refractivity contribution is 5.69. The van der Waals surface area contributed by atoms with Gasteiger partial charge in [-0.15, -0.1) is 5.10 Å². The first-order valence-electron chi connectivity index (χ1n) is 6.54. The molecule has 21 heavy (non-hydrogen) atoms. The summed E-state index contributed by atoms with van der Waals surface area (Å²) >= 11 is 0. The first kappa shape index (κ1) is 14.2. The molecule has 2 fully saturated rings. The maximum Gasteiger partial charge on any atom is 0.410 e. The maximum absolute atomic E-state index is 11.3. The zero-order valence-electron chi connectivity index (χ0n) is 11.1. The molecule has 10 heteroatoms. The number of aliphatic hydroxyl groups is 3. The molecule has 0 bridgehead atoms. The molecule has 1 amide bonds. The molecule has 1 aromatic rings. The van der Waals surface area contributed by atoms with Crippen molar-refractivity contribution in [2.24, 2.45) is 0 Å². The van der Waals surface area contributed by atoms with Gasteiger partial charge in [0.1, 0.15) is 30.6 Å². The van der Waals surface area contributed by atoms with Crippen LogP contribution in [-0.4, -0.2) is 79.4 Å². The molecular weight excluding hydrogens is 284 g/mol. The molecule has 1 aromatic heterocycles. The third-order valence-electron chi connectivity index (χ3n) is 3.49. The smallest absolute Gasteiger partial charge is 0.410 e. The van der Waals surface area contributed by atoms with Crippen LogP contribution in [0.3, 0.4) is 0 Å². The van der Waals surface area contributed by atoms with Crippen LogP contribution >= 0.6 is 0 Å². The van der Waals surface area contributed by atoms with Gasteiger partial charge in [0.05, 0.1) is 25.9 Å². The summed E-state index contributed by atoms with van der Waals surface area (Å²) in [4.78, 5) is 12.8. The number of ether oxygens (including phenoxy) is 2. The fourth-order valence-corrected chi connectivity index (χ4v) is 2.30. The lowest BCUT2D eigenvalue weighted by molar-refractivity contribution is -0.214. The normalized spacial score (nSPS) is 33.3. The van der Waals surface area contributed by atoms with E-state index in [0.717, 1.165) is 0 Å². The number of cyclic esters (lactones) is 1. The van der Waals surface area contributed by atoms with Gasteiger partial charge in [0.25, 0.3) is 0 Å². The van der Waals surface area contributed by atoms with E-state index in [2.05, 4.69) is 10.3 Å². The van der Waals surface area contributed by atoms with E-state index < -0.39 is 30.6 Å². The largest absolute Gasteiger partial charge is 0.448 e. The van der Waals surface area contributed by atoms with Crippen molar-refractivity contribution < 1.29 is 29.6 Å². The minimum absolute atomic E-state index is 0.115. The van der Waals surface area contributed by atoms with Crippen molar-refractivity contribution in [2.45, 2.75) is 31.1 Å². The van der Waals surface area contributed by atoms with E-state index in [9.17, 15) is 20.1 Å². The molecule has 0 aliphatic carbocycles. The maximum atomic E-state index is 11.3. The Balaban J connectivity index is 1.68. The molecule has 0 saturated carbocycles. The van der Waals surface area contributed by atoms with Gasteiger partial charge in [-0.3, -0.25) is 4.90 Å². The third kappa shape index (κ3) is 2.70. The molecule has 3 rings (SSSR count). The Labute approximate surface area is 119 Å². The van der Waals surface area contributed by atoms with Crippen molar-refractivity contribution in [3.63, 3.8) is 0 Å². The molecule has 2 aliphatic rings. The van der Waals surface area contributed by atoms with Crippen molar-refractivity contribution in [1.29, 1.82) is 0 Å². The number of hydrogen-bond acceptors (Lipinski definition) is 8. The summed E-state index contributed by atoms with van der Waals surface area (Å²) < 4.78 is 11.3. The number of amides is 1. The number of carbonyl (C=O) groups is 1. The number of carbonyl (C=O) groups excluding carboxylic acids is 1. The van der Waals surface area contributed by atoms with Crippen molar-refractivity contribution in [3.8, 4) is 0 Å². The molecule has 0 radical (unpaired) electrons. The Hall–Kier alpha value is -1.75. The van der Waals surface area contributed by atoms with Crippen LogP contribution in [0.4, 0.5) is 4.79 Å². The highest BCUT2D eigenvalue weighted by Crippen LogP contribution is 2.23. The van der Waals surface area contributed by atoms with Crippen LogP contribution in [0.2, 0.25) is 0 Å². The Morgan fingerprint density at radius 1 is 1.33 bits per heavy atom. The summed E-state index contributed by atoms with van der Waals surface area (Å²) in [5.41, 5.74) is 0.505. The van der Waals surface area contributed by atoms with E-state index in [1.165, 1.54) is 15.8 Å². The van der Waals surface area contributed by atoms with Gasteiger partial charge in [-0.2, -0.15) is 0 Å². The number of nitrogens with zero attached hydrogens (tertiary/aromatic N) is 4. The Morgan fingerprint density at radius 2 is 2.14 bits per heavy atom. The molecule has 3 heterocycles. The van der Waals surface area contributed by atoms with Crippen molar-refractivity contribution in [3.05, 3.63) is 11.9 Å². The number of aromatic nitrogens is 3. The van der Waals surface area contributed by atoms with Crippen LogP contribution in [0.25, 0.3) is 0 Å². The topological polar surface area (TPSA) is 130 Å². The average molecular weight is 300 g/mol. The number of rotatable bonds is 3. The molecule has 2 saturated heterocycles. The van der Waals surface area contributed by atoms with E-state index >= 15 is 0 Å². The molecule has 3 N–H and O–H groups in total. The molecule has 10 nitrogen and oxygen atoms in total. The zero-order chi connectivity index (χ0) is 15.0. The predicted octanol–water partition coefficient (Wildman–Crippen LogP) is -2.16. The fraction of sp³-hybridized carbons (Fsp3) is 0.727. The van der Waals surface area contributed by atoms with Gasteiger partial charge in [-0.1, -0.05) is 5.21 Å². The highest BCUT2D eigenvalue weighted by atomic mass is 16.6. The van der Waals surface area contributed by atoms with Gasteiger partial charge < -0.3 is 24.8 Å². The lowest BCUT2D eigenvalue weighted by Gasteiger charge is -2.34. The first-order chi connectivity index (χ1) is 10.1. The summed E-state index contributed by atoms with van der Waals surface area (Å²) in [5.74, 6) is 0. The van der Waals surface area contributed by atoms with E-state index in [1.54, 1.807) is 0 Å². The molecule has 2 aliphatic heterocycles. The lowest BCUT2D eigenvalue weighted by atomic mass is 10.0. The van der Waals surface area contributed by atoms with Crippen LogP contribution in [0.15, 0.2) is 6.20 Å². The van der Waals surface area contributed by atoms with Gasteiger partial charge in [-0.25, -0.2) is 9.48 Å². The predicted molar refractivity (Wildman–Crippen MR) is 64.8 cm³/mol. The van der Waals surface area contributed by atoms with Gasteiger partial charge >= 0.3 is 6.09 Å². The van der Waals surface area contributed by atoms with Crippen LogP contribution in [0, 0.1) is 0 Å². The molecule has 116 valence electrons. The van der Waals surface area contributed by atoms with E-state index in [-0.39, 0.29) is 13.2 Å². The molecule has 0 unspecified atom stereocenters. The van der Waals surface area contributed by atoms with Gasteiger partial charge in [0.2, 0.25) is 0 Å². The summed E-state index contributed by atoms with van der Waals surface area (Å²) in [6, 6.07) is 0. The van der Waals surface area contributed by atoms with Crippen molar-refractivity contribution in [1.82, 2.24) is 19.9 Å². The van der Waals surface area contributed by atoms with Crippen LogP contribution in [-0.2, 0) is 16.0 Å². The second-order valence-corrected chi connectivity index (χ2v) is 5.00. The number of aliphatic hydroxyl groups excluding tert-OH is 3. The second kappa shape index (κ2) is 5.56. The highest BCUT2D eigenvalue weighted by Gasteiger charge is 2.39. The van der Waals surface area contributed by atoms with Gasteiger partial charge in [0, 0.05) is 0 Å². The molecule has 0 spiro atoms. The molecule has 4 atom stereocenters. The Bertz CT molecular complexity index is 523. The quantitative estimate of drug-likeness (QED) is 0.575. The summed E-state index contributed by atoms with van der Waals surface area (Å²) in [5, 5.41) is 36.6. The molecular formula is C11H16N4O6. The minimum atomic E-state index is -1.32. The van der Waals surface area contributed by atoms with Gasteiger partial charge in [-0.05, 0) is 0 Å². The second-order valence-electron chi connectivity index (χ2n) is 5.00. The van der Waals surface area contributed by atoms with Crippen LogP contribution in [0.5, 0.6) is 0 Å². The summed E-state index contributed by atoms with van der Waals surface area (Å²) in [6.07, 6.45) is -3.60. The molecule has 0 aromatic carbocycles. The standard InChI is InChI=1S/C11H16N4O6/c16-7-5-21-10(9(18)8(7)17)15-4-6(12-13-15)3-14-1-2-20-11(14)19/h4,7-10,16-18H,1-3,5H2/t7-,8+,9-,10+/m1/s1. The van der Waals surface area contributed by atoms with E-state index in [4.69, 9.17) is 9.47 Å². The first-order valence-corrected chi connectivity index (χ1v) is 6.54. The SMILES string of the molecule is O=C1OCCN1Cc1cn([C@H]2OC[C@@H](O)[C@H](O)[C@H]2O)nn1. The Morgan fingerprint density at radius 3 is 2.86 bits per heavy atom. The van der Waals surface area contributed by atoms with Crippen LogP contribution in [0.1, 0.15) is 11.9 Å². The summed E-state index contributed by atoms with van der Waals surface area (Å²) in [7, 11) is 0. The van der Waals surface area contributed by atoms with Crippen molar-refractivity contribution in [2.75, 3.05) is 19.8 Å². The minimum Gasteiger partial charge on any atom is -0.448 e. The summed E-state index contributed by atoms with van der Waals surface area (Å²) in [6.45, 7) is 0.962. The lowest BCUT2D eigenvalue weighted by Crippen LogP contribution is -2.50. The van der Waals surface area contributed by atoms with Crippen molar-refractivity contribution >= 4 is 6.09 Å². The van der Waals surface area contributed by atoms with Gasteiger partial charge in [0.15, 0.2) is 6.23 Å². The van der Waals surface area contributed by atoms with E-state index in [0.29, 0.717) is 18.8 Å². The Kier molecular flexibility index (Phi) is 3.76. The number of hydrogen-bond donors (Lipinski definition) is 3.